The number of carboxylic acids is 2. The summed E-state index contributed by atoms with van der Waals surface area (Å²) in [5, 5.41) is 26.3. The number of thioether (sulfide) groups is 1. The monoisotopic (exact) mass is 564 g/mol. The molecule has 1 aromatic carbocycles. The van der Waals surface area contributed by atoms with Crippen LogP contribution in [0.2, 0.25) is 0 Å². The molecule has 0 fully saturated rings. The molecule has 15 heteroatoms. The van der Waals surface area contributed by atoms with E-state index in [1.54, 1.807) is 24.6 Å². The number of hydrogen-bond acceptors (Lipinski definition) is 8. The lowest BCUT2D eigenvalue weighted by atomic mass is 10.0. The van der Waals surface area contributed by atoms with E-state index in [1.807, 2.05) is 12.1 Å². The second kappa shape index (κ2) is 14.7. The van der Waals surface area contributed by atoms with Gasteiger partial charge in [0.25, 0.3) is 0 Å². The highest BCUT2D eigenvalue weighted by Crippen LogP contribution is 2.19. The fourth-order valence-electron chi connectivity index (χ4n) is 3.74. The first-order chi connectivity index (χ1) is 18.4. The zero-order valence-corrected chi connectivity index (χ0v) is 22.0. The standard InChI is InChI=1S/C24H32N6O8S/c1-39-7-6-16(28-21(34)14(25)9-20(32)33)22(35)29-17(23(36)30-18(24(37)38)10-19(26)31)8-12-11-27-15-5-3-2-4-13(12)15/h2-5,11,14,16-18,27H,6-10,25H2,1H3,(H2,26,31)(H,28,34)(H,29,35)(H,30,36)(H,32,33)(H,37,38). The molecule has 2 aromatic rings. The maximum atomic E-state index is 13.3. The fourth-order valence-corrected chi connectivity index (χ4v) is 4.21. The van der Waals surface area contributed by atoms with Crippen molar-refractivity contribution in [3.05, 3.63) is 36.0 Å². The number of aliphatic carboxylic acids is 2. The predicted molar refractivity (Wildman–Crippen MR) is 142 cm³/mol. The van der Waals surface area contributed by atoms with Crippen molar-refractivity contribution in [2.75, 3.05) is 12.0 Å². The van der Waals surface area contributed by atoms with Crippen LogP contribution in [-0.4, -0.2) is 86.9 Å². The number of fused-ring (bicyclic) bond motifs is 1. The minimum atomic E-state index is -1.63. The van der Waals surface area contributed by atoms with Gasteiger partial charge in [-0.1, -0.05) is 18.2 Å². The molecular formula is C24H32N6O8S. The lowest BCUT2D eigenvalue weighted by Crippen LogP contribution is -2.58. The third-order valence-electron chi connectivity index (χ3n) is 5.73. The minimum absolute atomic E-state index is 0.0633. The second-order valence-corrected chi connectivity index (χ2v) is 9.73. The molecule has 0 radical (unpaired) electrons. The Kier molecular flexibility index (Phi) is 11.7. The molecule has 0 spiro atoms. The van der Waals surface area contributed by atoms with E-state index in [-0.39, 0.29) is 12.8 Å². The number of benzene rings is 1. The van der Waals surface area contributed by atoms with Crippen LogP contribution in [0.4, 0.5) is 0 Å². The van der Waals surface area contributed by atoms with Gasteiger partial charge in [-0.15, -0.1) is 0 Å². The van der Waals surface area contributed by atoms with E-state index in [2.05, 4.69) is 20.9 Å². The Morgan fingerprint density at radius 1 is 0.923 bits per heavy atom. The van der Waals surface area contributed by atoms with Crippen LogP contribution in [0.25, 0.3) is 10.9 Å². The number of aromatic amines is 1. The molecule has 10 N–H and O–H groups in total. The number of carboxylic acid groups (broad SMARTS) is 2. The Balaban J connectivity index is 2.32. The van der Waals surface area contributed by atoms with Crippen molar-refractivity contribution in [1.82, 2.24) is 20.9 Å². The molecule has 39 heavy (non-hydrogen) atoms. The van der Waals surface area contributed by atoms with Crippen LogP contribution in [0, 0.1) is 0 Å². The number of nitrogens with two attached hydrogens (primary N) is 2. The largest absolute Gasteiger partial charge is 0.481 e. The first-order valence-electron chi connectivity index (χ1n) is 11.9. The number of rotatable bonds is 16. The molecule has 0 saturated carbocycles. The third kappa shape index (κ3) is 9.61. The van der Waals surface area contributed by atoms with Gasteiger partial charge in [0.05, 0.1) is 18.9 Å². The molecule has 4 atom stereocenters. The van der Waals surface area contributed by atoms with Gasteiger partial charge in [-0.3, -0.25) is 24.0 Å². The van der Waals surface area contributed by atoms with Crippen molar-refractivity contribution >= 4 is 58.2 Å². The number of carbonyl (C=O) groups is 6. The number of nitrogens with one attached hydrogen (secondary N) is 4. The number of amides is 4. The van der Waals surface area contributed by atoms with Gasteiger partial charge in [0.2, 0.25) is 23.6 Å². The molecule has 2 rings (SSSR count). The Morgan fingerprint density at radius 3 is 2.15 bits per heavy atom. The molecule has 1 heterocycles. The van der Waals surface area contributed by atoms with Crippen molar-refractivity contribution < 1.29 is 39.0 Å². The van der Waals surface area contributed by atoms with Crippen molar-refractivity contribution in [2.45, 2.75) is 49.9 Å². The molecular weight excluding hydrogens is 532 g/mol. The molecule has 0 saturated heterocycles. The van der Waals surface area contributed by atoms with Gasteiger partial charge in [0.15, 0.2) is 0 Å². The summed E-state index contributed by atoms with van der Waals surface area (Å²) in [5.41, 5.74) is 12.1. The smallest absolute Gasteiger partial charge is 0.326 e. The number of para-hydroxylation sites is 1. The normalized spacial score (nSPS) is 14.0. The number of hydrogen-bond donors (Lipinski definition) is 8. The van der Waals surface area contributed by atoms with Crippen molar-refractivity contribution in [3.8, 4) is 0 Å². The minimum Gasteiger partial charge on any atom is -0.481 e. The quantitative estimate of drug-likeness (QED) is 0.119. The van der Waals surface area contributed by atoms with E-state index in [9.17, 15) is 33.9 Å². The molecule has 212 valence electrons. The maximum Gasteiger partial charge on any atom is 0.326 e. The third-order valence-corrected chi connectivity index (χ3v) is 6.37. The van der Waals surface area contributed by atoms with Gasteiger partial charge < -0.3 is 42.6 Å². The summed E-state index contributed by atoms with van der Waals surface area (Å²) in [6.07, 6.45) is 2.19. The first-order valence-corrected chi connectivity index (χ1v) is 13.3. The van der Waals surface area contributed by atoms with E-state index >= 15 is 0 Å². The van der Waals surface area contributed by atoms with Crippen LogP contribution in [0.3, 0.4) is 0 Å². The summed E-state index contributed by atoms with van der Waals surface area (Å²) in [6, 6.07) is 1.71. The predicted octanol–water partition coefficient (Wildman–Crippen LogP) is -1.32. The molecule has 0 aliphatic rings. The van der Waals surface area contributed by atoms with Crippen LogP contribution in [-0.2, 0) is 35.2 Å². The summed E-state index contributed by atoms with van der Waals surface area (Å²) in [6.45, 7) is 0. The van der Waals surface area contributed by atoms with Crippen molar-refractivity contribution in [3.63, 3.8) is 0 Å². The molecule has 4 amide bonds. The Bertz CT molecular complexity index is 1220. The summed E-state index contributed by atoms with van der Waals surface area (Å²) in [7, 11) is 0. The Hall–Kier alpha value is -4.11. The molecule has 14 nitrogen and oxygen atoms in total. The number of primary amides is 1. The van der Waals surface area contributed by atoms with Gasteiger partial charge >= 0.3 is 11.9 Å². The highest BCUT2D eigenvalue weighted by molar-refractivity contribution is 7.98. The van der Waals surface area contributed by atoms with Crippen LogP contribution in [0.1, 0.15) is 24.8 Å². The number of aromatic nitrogens is 1. The number of H-pyrrole nitrogens is 1. The summed E-state index contributed by atoms with van der Waals surface area (Å²) in [5.74, 6) is -5.80. The zero-order chi connectivity index (χ0) is 29.1. The van der Waals surface area contributed by atoms with Crippen molar-refractivity contribution in [2.24, 2.45) is 11.5 Å². The molecule has 1 aromatic heterocycles. The van der Waals surface area contributed by atoms with Gasteiger partial charge in [0, 0.05) is 23.5 Å². The van der Waals surface area contributed by atoms with Gasteiger partial charge in [0.1, 0.15) is 18.1 Å². The van der Waals surface area contributed by atoms with Crippen LogP contribution in [0.15, 0.2) is 30.5 Å². The highest BCUT2D eigenvalue weighted by Gasteiger charge is 2.31. The topological polar surface area (TPSA) is 247 Å². The zero-order valence-electron chi connectivity index (χ0n) is 21.1. The second-order valence-electron chi connectivity index (χ2n) is 8.74. The van der Waals surface area contributed by atoms with E-state index in [0.717, 1.165) is 10.9 Å². The summed E-state index contributed by atoms with van der Waals surface area (Å²) < 4.78 is 0. The van der Waals surface area contributed by atoms with Crippen molar-refractivity contribution in [1.29, 1.82) is 0 Å². The SMILES string of the molecule is CSCCC(NC(=O)C(N)CC(=O)O)C(=O)NC(Cc1c[nH]c2ccccc12)C(=O)NC(CC(N)=O)C(=O)O. The van der Waals surface area contributed by atoms with E-state index in [1.165, 1.54) is 11.8 Å². The first kappa shape index (κ1) is 31.1. The number of carbonyl (C=O) groups excluding carboxylic acids is 4. The Labute approximate surface area is 227 Å². The summed E-state index contributed by atoms with van der Waals surface area (Å²) >= 11 is 1.39. The average molecular weight is 565 g/mol. The lowest BCUT2D eigenvalue weighted by Gasteiger charge is -2.25. The molecule has 0 aliphatic carbocycles. The average Bonchev–Trinajstić information content (AvgIpc) is 3.27. The Morgan fingerprint density at radius 2 is 1.54 bits per heavy atom. The highest BCUT2D eigenvalue weighted by atomic mass is 32.2. The fraction of sp³-hybridized carbons (Fsp3) is 0.417. The lowest BCUT2D eigenvalue weighted by molar-refractivity contribution is -0.143. The van der Waals surface area contributed by atoms with Crippen LogP contribution >= 0.6 is 11.8 Å². The molecule has 4 unspecified atom stereocenters. The van der Waals surface area contributed by atoms with Gasteiger partial charge in [-0.25, -0.2) is 4.79 Å². The van der Waals surface area contributed by atoms with E-state index in [0.29, 0.717) is 11.3 Å². The van der Waals surface area contributed by atoms with E-state index < -0.39 is 72.6 Å². The summed E-state index contributed by atoms with van der Waals surface area (Å²) in [4.78, 5) is 75.7. The molecule has 0 aliphatic heterocycles. The van der Waals surface area contributed by atoms with Gasteiger partial charge in [-0.2, -0.15) is 11.8 Å². The molecule has 0 bridgehead atoms. The van der Waals surface area contributed by atoms with Gasteiger partial charge in [-0.05, 0) is 30.1 Å². The van der Waals surface area contributed by atoms with Crippen LogP contribution in [0.5, 0.6) is 0 Å². The maximum absolute atomic E-state index is 13.3. The van der Waals surface area contributed by atoms with Crippen LogP contribution < -0.4 is 27.4 Å². The van der Waals surface area contributed by atoms with E-state index in [4.69, 9.17) is 16.6 Å².